The summed E-state index contributed by atoms with van der Waals surface area (Å²) in [5, 5.41) is 0. The maximum atomic E-state index is 12.5. The molecule has 21 heavy (non-hydrogen) atoms. The Morgan fingerprint density at radius 3 is 2.52 bits per heavy atom. The second-order valence-corrected chi connectivity index (χ2v) is 7.56. The maximum Gasteiger partial charge on any atom is 0.261 e. The van der Waals surface area contributed by atoms with Crippen LogP contribution in [0.25, 0.3) is 0 Å². The minimum Gasteiger partial charge on any atom is -0.279 e. The van der Waals surface area contributed by atoms with Gasteiger partial charge in [-0.1, -0.05) is 54.0 Å². The molecule has 112 valence electrons. The molecule has 0 saturated heterocycles. The third-order valence-corrected chi connectivity index (χ3v) is 5.31. The molecule has 3 nitrogen and oxygen atoms in total. The summed E-state index contributed by atoms with van der Waals surface area (Å²) in [6.45, 7) is 4.18. The van der Waals surface area contributed by atoms with E-state index in [1.807, 2.05) is 18.2 Å². The fraction of sp³-hybridized carbons (Fsp3) is 0.250. The lowest BCUT2D eigenvalue weighted by Gasteiger charge is -2.16. The van der Waals surface area contributed by atoms with E-state index in [9.17, 15) is 8.42 Å². The smallest absolute Gasteiger partial charge is 0.261 e. The van der Waals surface area contributed by atoms with Gasteiger partial charge in [0.15, 0.2) is 0 Å². The Labute approximate surface area is 134 Å². The summed E-state index contributed by atoms with van der Waals surface area (Å²) in [6, 6.07) is 14.2. The van der Waals surface area contributed by atoms with Crippen molar-refractivity contribution < 1.29 is 8.42 Å². The molecule has 1 N–H and O–H groups in total. The lowest BCUT2D eigenvalue weighted by atomic mass is 9.97. The Kier molecular flexibility index (Phi) is 5.06. The molecule has 0 aromatic heterocycles. The highest BCUT2D eigenvalue weighted by molar-refractivity contribution is 9.10. The van der Waals surface area contributed by atoms with Gasteiger partial charge in [0.25, 0.3) is 10.0 Å². The van der Waals surface area contributed by atoms with E-state index in [1.165, 1.54) is 0 Å². The first-order valence-corrected chi connectivity index (χ1v) is 9.09. The number of hydrogen-bond donors (Lipinski definition) is 1. The van der Waals surface area contributed by atoms with E-state index in [0.717, 1.165) is 16.5 Å². The maximum absolute atomic E-state index is 12.5. The van der Waals surface area contributed by atoms with Gasteiger partial charge in [0.2, 0.25) is 0 Å². The largest absolute Gasteiger partial charge is 0.279 e. The quantitative estimate of drug-likeness (QED) is 0.827. The molecule has 0 aliphatic rings. The molecule has 0 fully saturated rings. The predicted molar refractivity (Wildman–Crippen MR) is 90.1 cm³/mol. The fourth-order valence-corrected chi connectivity index (χ4v) is 3.76. The molecular formula is C16H18BrNO2S. The van der Waals surface area contributed by atoms with Crippen LogP contribution >= 0.6 is 15.9 Å². The molecule has 2 aromatic carbocycles. The SMILES string of the molecule is CC[C@@H](C)c1ccccc1NS(=O)(=O)c1cccc(Br)c1. The highest BCUT2D eigenvalue weighted by Gasteiger charge is 2.17. The van der Waals surface area contributed by atoms with Crippen LogP contribution in [0.4, 0.5) is 5.69 Å². The molecule has 0 aliphatic heterocycles. The molecule has 0 heterocycles. The van der Waals surface area contributed by atoms with Crippen LogP contribution in [0.1, 0.15) is 31.7 Å². The van der Waals surface area contributed by atoms with Crippen molar-refractivity contribution >= 4 is 31.6 Å². The Morgan fingerprint density at radius 2 is 1.86 bits per heavy atom. The standard InChI is InChI=1S/C16H18BrNO2S/c1-3-12(2)15-9-4-5-10-16(15)18-21(19,20)14-8-6-7-13(17)11-14/h4-12,18H,3H2,1-2H3/t12-/m1/s1. The molecule has 0 bridgehead atoms. The van der Waals surface area contributed by atoms with E-state index in [2.05, 4.69) is 34.5 Å². The van der Waals surface area contributed by atoms with E-state index >= 15 is 0 Å². The summed E-state index contributed by atoms with van der Waals surface area (Å²) in [5.74, 6) is 0.298. The molecule has 5 heteroatoms. The summed E-state index contributed by atoms with van der Waals surface area (Å²) in [4.78, 5) is 0.246. The van der Waals surface area contributed by atoms with Gasteiger partial charge >= 0.3 is 0 Å². The molecule has 0 amide bonds. The van der Waals surface area contributed by atoms with Crippen molar-refractivity contribution in [3.8, 4) is 0 Å². The summed E-state index contributed by atoms with van der Waals surface area (Å²) in [6.07, 6.45) is 0.954. The van der Waals surface area contributed by atoms with Crippen LogP contribution in [0.3, 0.4) is 0 Å². The molecule has 0 unspecified atom stereocenters. The number of sulfonamides is 1. The molecule has 2 aromatic rings. The predicted octanol–water partition coefficient (Wildman–Crippen LogP) is 4.76. The zero-order chi connectivity index (χ0) is 15.5. The Balaban J connectivity index is 2.38. The molecule has 0 saturated carbocycles. The second kappa shape index (κ2) is 6.62. The Hall–Kier alpha value is -1.33. The van der Waals surface area contributed by atoms with Crippen LogP contribution in [0, 0.1) is 0 Å². The lowest BCUT2D eigenvalue weighted by molar-refractivity contribution is 0.601. The van der Waals surface area contributed by atoms with Gasteiger partial charge in [-0.15, -0.1) is 0 Å². The van der Waals surface area contributed by atoms with Crippen LogP contribution in [0.2, 0.25) is 0 Å². The number of nitrogens with one attached hydrogen (secondary N) is 1. The van der Waals surface area contributed by atoms with Gasteiger partial charge in [-0.3, -0.25) is 4.72 Å². The first-order chi connectivity index (χ1) is 9.94. The van der Waals surface area contributed by atoms with Gasteiger partial charge in [0.05, 0.1) is 10.6 Å². The minimum absolute atomic E-state index is 0.246. The van der Waals surface area contributed by atoms with E-state index in [4.69, 9.17) is 0 Å². The highest BCUT2D eigenvalue weighted by Crippen LogP contribution is 2.28. The molecular weight excluding hydrogens is 350 g/mol. The van der Waals surface area contributed by atoms with Crippen LogP contribution in [0.15, 0.2) is 57.9 Å². The topological polar surface area (TPSA) is 46.2 Å². The Morgan fingerprint density at radius 1 is 1.14 bits per heavy atom. The first kappa shape index (κ1) is 16.0. The first-order valence-electron chi connectivity index (χ1n) is 6.81. The van der Waals surface area contributed by atoms with Crippen LogP contribution in [-0.2, 0) is 10.0 Å². The van der Waals surface area contributed by atoms with Crippen molar-refractivity contribution in [3.05, 3.63) is 58.6 Å². The van der Waals surface area contributed by atoms with Gasteiger partial charge in [-0.25, -0.2) is 8.42 Å². The number of halogens is 1. The number of anilines is 1. The third-order valence-electron chi connectivity index (χ3n) is 3.45. The molecule has 0 spiro atoms. The highest BCUT2D eigenvalue weighted by atomic mass is 79.9. The second-order valence-electron chi connectivity index (χ2n) is 4.96. The van der Waals surface area contributed by atoms with E-state index < -0.39 is 10.0 Å². The zero-order valence-electron chi connectivity index (χ0n) is 12.0. The van der Waals surface area contributed by atoms with E-state index in [0.29, 0.717) is 11.6 Å². The summed E-state index contributed by atoms with van der Waals surface area (Å²) >= 11 is 3.30. The monoisotopic (exact) mass is 367 g/mol. The van der Waals surface area contributed by atoms with Crippen LogP contribution in [0.5, 0.6) is 0 Å². The lowest BCUT2D eigenvalue weighted by Crippen LogP contribution is -2.14. The van der Waals surface area contributed by atoms with Crippen molar-refractivity contribution in [1.82, 2.24) is 0 Å². The van der Waals surface area contributed by atoms with Crippen LogP contribution in [-0.4, -0.2) is 8.42 Å². The van der Waals surface area contributed by atoms with Gasteiger partial charge in [-0.2, -0.15) is 0 Å². The molecule has 0 radical (unpaired) electrons. The average molecular weight is 368 g/mol. The van der Waals surface area contributed by atoms with Gasteiger partial charge < -0.3 is 0 Å². The third kappa shape index (κ3) is 3.86. The molecule has 2 rings (SSSR count). The van der Waals surface area contributed by atoms with Crippen molar-refractivity contribution in [2.45, 2.75) is 31.1 Å². The number of hydrogen-bond acceptors (Lipinski definition) is 2. The zero-order valence-corrected chi connectivity index (χ0v) is 14.4. The van der Waals surface area contributed by atoms with Crippen LogP contribution < -0.4 is 4.72 Å². The normalized spacial score (nSPS) is 12.9. The van der Waals surface area contributed by atoms with E-state index in [-0.39, 0.29) is 4.90 Å². The summed E-state index contributed by atoms with van der Waals surface area (Å²) in [7, 11) is -3.58. The van der Waals surface area contributed by atoms with E-state index in [1.54, 1.807) is 30.3 Å². The average Bonchev–Trinajstić information content (AvgIpc) is 2.46. The van der Waals surface area contributed by atoms with Crippen molar-refractivity contribution in [3.63, 3.8) is 0 Å². The van der Waals surface area contributed by atoms with Gasteiger partial charge in [-0.05, 0) is 42.2 Å². The summed E-state index contributed by atoms with van der Waals surface area (Å²) in [5.41, 5.74) is 1.66. The number of para-hydroxylation sites is 1. The Bertz CT molecular complexity index is 729. The van der Waals surface area contributed by atoms with Crippen molar-refractivity contribution in [1.29, 1.82) is 0 Å². The molecule has 1 atom stereocenters. The van der Waals surface area contributed by atoms with Gasteiger partial charge in [0.1, 0.15) is 0 Å². The van der Waals surface area contributed by atoms with Crippen molar-refractivity contribution in [2.75, 3.05) is 4.72 Å². The number of rotatable bonds is 5. The fourth-order valence-electron chi connectivity index (χ4n) is 2.08. The minimum atomic E-state index is -3.58. The summed E-state index contributed by atoms with van der Waals surface area (Å²) < 4.78 is 28.4. The molecule has 0 aliphatic carbocycles. The van der Waals surface area contributed by atoms with Gasteiger partial charge in [0, 0.05) is 4.47 Å². The number of benzene rings is 2. The van der Waals surface area contributed by atoms with Crippen molar-refractivity contribution in [2.24, 2.45) is 0 Å².